The molecular weight excluding hydrogens is 644 g/mol. The Bertz CT molecular complexity index is 1280. The number of phenols is 1. The van der Waals surface area contributed by atoms with E-state index in [9.17, 15) is 50.4 Å². The molecule has 48 heavy (non-hydrogen) atoms. The highest BCUT2D eigenvalue weighted by Crippen LogP contribution is 2.37. The molecule has 0 unspecified atom stereocenters. The molecule has 0 bridgehead atoms. The Balaban J connectivity index is 1.43. The molecule has 4 rings (SSSR count). The summed E-state index contributed by atoms with van der Waals surface area (Å²) in [6.45, 7) is 0.159. The predicted molar refractivity (Wildman–Crippen MR) is 157 cm³/mol. The topological polar surface area (TPSA) is 261 Å². The van der Waals surface area contributed by atoms with Crippen molar-refractivity contribution in [2.45, 2.75) is 87.5 Å². The van der Waals surface area contributed by atoms with Crippen LogP contribution in [-0.4, -0.2) is 147 Å². The van der Waals surface area contributed by atoms with Gasteiger partial charge < -0.3 is 74.0 Å². The van der Waals surface area contributed by atoms with E-state index in [1.165, 1.54) is 18.2 Å². The van der Waals surface area contributed by atoms with Gasteiger partial charge >= 0.3 is 11.9 Å². The minimum atomic E-state index is -1.77. The molecule has 1 aromatic carbocycles. The van der Waals surface area contributed by atoms with Crippen molar-refractivity contribution in [2.75, 3.05) is 26.9 Å². The maximum absolute atomic E-state index is 13.3. The number of carbonyl (C=O) groups excluding carboxylic acids is 2. The van der Waals surface area contributed by atoms with Gasteiger partial charge in [0.1, 0.15) is 48.5 Å². The first kappa shape index (κ1) is 37.6. The van der Waals surface area contributed by atoms with Gasteiger partial charge in [-0.3, -0.25) is 4.79 Å². The van der Waals surface area contributed by atoms with Gasteiger partial charge in [0, 0.05) is 11.5 Å². The Kier molecular flexibility index (Phi) is 13.3. The maximum atomic E-state index is 13.3. The fourth-order valence-electron chi connectivity index (χ4n) is 5.58. The summed E-state index contributed by atoms with van der Waals surface area (Å²) < 4.78 is 38.2. The number of aromatic hydroxyl groups is 1. The smallest absolute Gasteiger partial charge is 0.337 e. The van der Waals surface area contributed by atoms with Gasteiger partial charge in [0.15, 0.2) is 18.7 Å². The summed E-state index contributed by atoms with van der Waals surface area (Å²) in [7, 11) is 1.11. The predicted octanol–water partition coefficient (Wildman–Crippen LogP) is -2.52. The number of hydrogen-bond acceptors (Lipinski definition) is 17. The largest absolute Gasteiger partial charge is 0.508 e. The second kappa shape index (κ2) is 17.0. The van der Waals surface area contributed by atoms with Crippen LogP contribution in [0.5, 0.6) is 5.75 Å². The SMILES string of the molecule is C/C=C1\[C@H](O[C@@H]2O[C@H](CO)[C@@H](O)[C@H](O)[C@H]2O)OC=C(C(=O)OC)[C@H]1CC(=O)O[C@H]1[C@H](O)[C@@H](O)[C@H](OCCc2ccc(O)cc2)O[C@@H]1CO. The van der Waals surface area contributed by atoms with E-state index in [0.717, 1.165) is 18.9 Å². The molecule has 3 heterocycles. The summed E-state index contributed by atoms with van der Waals surface area (Å²) in [4.78, 5) is 26.0. The second-order valence-corrected chi connectivity index (χ2v) is 11.4. The lowest BCUT2D eigenvalue weighted by atomic mass is 9.86. The highest BCUT2D eigenvalue weighted by Gasteiger charge is 2.49. The number of phenolic OH excluding ortho intramolecular Hbond substituents is 1. The maximum Gasteiger partial charge on any atom is 0.337 e. The van der Waals surface area contributed by atoms with Crippen molar-refractivity contribution in [3.05, 3.63) is 53.3 Å². The van der Waals surface area contributed by atoms with Gasteiger partial charge in [0.2, 0.25) is 6.29 Å². The van der Waals surface area contributed by atoms with Crippen LogP contribution in [0.15, 0.2) is 47.7 Å². The molecule has 0 aromatic heterocycles. The monoisotopic (exact) mass is 686 g/mol. The number of aliphatic hydroxyl groups is 7. The Morgan fingerprint density at radius 3 is 2.15 bits per heavy atom. The molecule has 0 saturated carbocycles. The average molecular weight is 687 g/mol. The molecule has 17 nitrogen and oxygen atoms in total. The molecule has 12 atom stereocenters. The third-order valence-corrected chi connectivity index (χ3v) is 8.30. The zero-order valence-electron chi connectivity index (χ0n) is 26.2. The fourth-order valence-corrected chi connectivity index (χ4v) is 5.58. The van der Waals surface area contributed by atoms with Crippen molar-refractivity contribution in [2.24, 2.45) is 5.92 Å². The minimum absolute atomic E-state index is 0.0483. The molecule has 0 aliphatic carbocycles. The zero-order chi connectivity index (χ0) is 35.1. The van der Waals surface area contributed by atoms with Crippen LogP contribution in [0.3, 0.4) is 0 Å². The summed E-state index contributed by atoms with van der Waals surface area (Å²) in [5, 5.41) is 81.1. The number of hydrogen-bond donors (Lipinski definition) is 8. The van der Waals surface area contributed by atoms with Crippen molar-refractivity contribution >= 4 is 11.9 Å². The molecule has 3 aliphatic heterocycles. The Labute approximate surface area is 275 Å². The van der Waals surface area contributed by atoms with Crippen molar-refractivity contribution in [1.29, 1.82) is 0 Å². The van der Waals surface area contributed by atoms with Crippen LogP contribution in [0.25, 0.3) is 0 Å². The summed E-state index contributed by atoms with van der Waals surface area (Å²) in [6.07, 6.45) is -14.8. The first-order valence-corrected chi connectivity index (χ1v) is 15.2. The molecule has 2 fully saturated rings. The molecular formula is C31H42O17. The van der Waals surface area contributed by atoms with Crippen molar-refractivity contribution < 1.29 is 83.6 Å². The van der Waals surface area contributed by atoms with E-state index in [4.69, 9.17) is 33.2 Å². The highest BCUT2D eigenvalue weighted by molar-refractivity contribution is 5.90. The van der Waals surface area contributed by atoms with Crippen molar-refractivity contribution in [1.82, 2.24) is 0 Å². The molecule has 0 amide bonds. The lowest BCUT2D eigenvalue weighted by Crippen LogP contribution is -2.60. The number of aliphatic hydroxyl groups excluding tert-OH is 7. The Morgan fingerprint density at radius 1 is 0.875 bits per heavy atom. The third-order valence-electron chi connectivity index (χ3n) is 8.30. The first-order chi connectivity index (χ1) is 22.9. The second-order valence-electron chi connectivity index (χ2n) is 11.4. The van der Waals surface area contributed by atoms with Crippen LogP contribution >= 0.6 is 0 Å². The number of esters is 2. The number of ether oxygens (including phenoxy) is 7. The van der Waals surface area contributed by atoms with Crippen molar-refractivity contribution in [3.8, 4) is 5.75 Å². The van der Waals surface area contributed by atoms with Gasteiger partial charge in [-0.1, -0.05) is 18.2 Å². The lowest BCUT2D eigenvalue weighted by molar-refractivity contribution is -0.327. The van der Waals surface area contributed by atoms with E-state index in [-0.39, 0.29) is 23.5 Å². The van der Waals surface area contributed by atoms with Crippen LogP contribution in [0, 0.1) is 5.92 Å². The number of allylic oxidation sites excluding steroid dienone is 1. The number of carbonyl (C=O) groups is 2. The summed E-state index contributed by atoms with van der Waals surface area (Å²) >= 11 is 0. The molecule has 0 radical (unpaired) electrons. The van der Waals surface area contributed by atoms with Gasteiger partial charge in [0.25, 0.3) is 0 Å². The zero-order valence-corrected chi connectivity index (χ0v) is 26.2. The van der Waals surface area contributed by atoms with Gasteiger partial charge in [-0.05, 0) is 31.0 Å². The van der Waals surface area contributed by atoms with Crippen LogP contribution < -0.4 is 0 Å². The normalized spacial score (nSPS) is 36.2. The molecule has 17 heteroatoms. The summed E-state index contributed by atoms with van der Waals surface area (Å²) in [5.41, 5.74) is 0.851. The Hall–Kier alpha value is -3.20. The number of benzene rings is 1. The lowest BCUT2D eigenvalue weighted by Gasteiger charge is -2.42. The van der Waals surface area contributed by atoms with Crippen molar-refractivity contribution in [3.63, 3.8) is 0 Å². The minimum Gasteiger partial charge on any atom is -0.508 e. The van der Waals surface area contributed by atoms with E-state index < -0.39 is 105 Å². The van der Waals surface area contributed by atoms with Crippen LogP contribution in [0.1, 0.15) is 18.9 Å². The van der Waals surface area contributed by atoms with Crippen LogP contribution in [-0.2, 0) is 49.2 Å². The Morgan fingerprint density at radius 2 is 1.52 bits per heavy atom. The fraction of sp³-hybridized carbons (Fsp3) is 0.613. The molecule has 0 spiro atoms. The summed E-state index contributed by atoms with van der Waals surface area (Å²) in [6, 6.07) is 6.37. The average Bonchev–Trinajstić information content (AvgIpc) is 3.08. The van der Waals surface area contributed by atoms with E-state index in [2.05, 4.69) is 0 Å². The number of methoxy groups -OCH3 is 1. The highest BCUT2D eigenvalue weighted by atomic mass is 16.8. The molecule has 2 saturated heterocycles. The van der Waals surface area contributed by atoms with Gasteiger partial charge in [-0.2, -0.15) is 0 Å². The standard InChI is InChI=1S/C31H42O17/c1-3-16-17(18(28(41)42-2)13-44-29(16)48-31-25(39)23(37)22(36)19(11-32)45-31)10-21(35)47-27-20(12-33)46-30(26(40)24(27)38)43-9-8-14-4-6-15(34)7-5-14/h3-7,13,17,19-20,22-27,29-34,36-40H,8-12H2,1-2H3/b16-3-/t17-,19+,20+,22+,23-,24+,25+,26+,27+,29-,30+,31-/m0/s1. The van der Waals surface area contributed by atoms with E-state index in [1.54, 1.807) is 19.1 Å². The van der Waals surface area contributed by atoms with Crippen LogP contribution in [0.4, 0.5) is 0 Å². The third kappa shape index (κ3) is 8.50. The van der Waals surface area contributed by atoms with E-state index >= 15 is 0 Å². The van der Waals surface area contributed by atoms with Gasteiger partial charge in [-0.15, -0.1) is 0 Å². The number of rotatable bonds is 12. The molecule has 1 aromatic rings. The van der Waals surface area contributed by atoms with Crippen LogP contribution in [0.2, 0.25) is 0 Å². The van der Waals surface area contributed by atoms with Gasteiger partial charge in [-0.25, -0.2) is 4.79 Å². The molecule has 3 aliphatic rings. The summed E-state index contributed by atoms with van der Waals surface area (Å²) in [5.74, 6) is -2.88. The van der Waals surface area contributed by atoms with E-state index in [0.29, 0.717) is 6.42 Å². The van der Waals surface area contributed by atoms with Gasteiger partial charge in [0.05, 0.1) is 45.2 Å². The van der Waals surface area contributed by atoms with E-state index in [1.807, 2.05) is 0 Å². The first-order valence-electron chi connectivity index (χ1n) is 15.2. The quantitative estimate of drug-likeness (QED) is 0.0834. The molecule has 268 valence electrons. The molecule has 8 N–H and O–H groups in total.